The molecule has 1 rings (SSSR count). The minimum atomic E-state index is -3.16. The average molecular weight is 227 g/mol. The fourth-order valence-corrected chi connectivity index (χ4v) is 4.16. The number of thioether (sulfide) groups is 1. The topological polar surface area (TPSA) is 84.0 Å². The summed E-state index contributed by atoms with van der Waals surface area (Å²) in [5.74, 6) is -0.0594. The second-order valence-electron chi connectivity index (χ2n) is 2.30. The van der Waals surface area contributed by atoms with E-state index in [1.54, 1.807) is 0 Å². The van der Waals surface area contributed by atoms with Crippen LogP contribution in [0.5, 0.6) is 0 Å². The molecular formula is C5H7ClN2O2S2. The SMILES string of the molecule is N=C(N)SC1CS(=O)(=O)C=C1Cl. The van der Waals surface area contributed by atoms with E-state index < -0.39 is 15.1 Å². The predicted octanol–water partition coefficient (Wildman–Crippen LogP) is 0.490. The molecule has 4 nitrogen and oxygen atoms in total. The Labute approximate surface area is 79.6 Å². The molecule has 0 radical (unpaired) electrons. The maximum atomic E-state index is 10.9. The molecule has 0 bridgehead atoms. The first-order chi connectivity index (χ1) is 5.41. The van der Waals surface area contributed by atoms with Gasteiger partial charge in [0.15, 0.2) is 15.0 Å². The fourth-order valence-electron chi connectivity index (χ4n) is 0.830. The quantitative estimate of drug-likeness (QED) is 0.504. The van der Waals surface area contributed by atoms with Gasteiger partial charge in [0.2, 0.25) is 0 Å². The smallest absolute Gasteiger partial charge is 0.174 e. The molecule has 0 saturated carbocycles. The maximum absolute atomic E-state index is 10.9. The lowest BCUT2D eigenvalue weighted by molar-refractivity contribution is 0.606. The Morgan fingerprint density at radius 2 is 2.42 bits per heavy atom. The normalized spacial score (nSPS) is 26.8. The van der Waals surface area contributed by atoms with Gasteiger partial charge in [0.1, 0.15) is 0 Å². The summed E-state index contributed by atoms with van der Waals surface area (Å²) in [6, 6.07) is 0. The standard InChI is InChI=1S/C5H7ClN2O2S2/c6-3-1-12(9,10)2-4(3)11-5(7)8/h1,4H,2H2,(H3,7,8). The van der Waals surface area contributed by atoms with Crippen molar-refractivity contribution in [3.63, 3.8) is 0 Å². The monoisotopic (exact) mass is 226 g/mol. The van der Waals surface area contributed by atoms with Gasteiger partial charge < -0.3 is 5.73 Å². The predicted molar refractivity (Wildman–Crippen MR) is 51.0 cm³/mol. The number of halogens is 1. The van der Waals surface area contributed by atoms with E-state index in [0.717, 1.165) is 17.2 Å². The number of rotatable bonds is 1. The van der Waals surface area contributed by atoms with Crippen LogP contribution in [0, 0.1) is 5.41 Å². The van der Waals surface area contributed by atoms with Crippen LogP contribution in [-0.2, 0) is 9.84 Å². The third-order valence-corrected chi connectivity index (χ3v) is 4.46. The number of hydrogen-bond acceptors (Lipinski definition) is 4. The van der Waals surface area contributed by atoms with Crippen molar-refractivity contribution in [2.45, 2.75) is 5.25 Å². The Morgan fingerprint density at radius 3 is 2.75 bits per heavy atom. The first-order valence-electron chi connectivity index (χ1n) is 3.01. The molecule has 7 heteroatoms. The van der Waals surface area contributed by atoms with Gasteiger partial charge in [-0.2, -0.15) is 0 Å². The van der Waals surface area contributed by atoms with Crippen molar-refractivity contribution in [1.82, 2.24) is 0 Å². The van der Waals surface area contributed by atoms with Crippen molar-refractivity contribution in [2.24, 2.45) is 5.73 Å². The molecule has 0 aromatic rings. The Kier molecular flexibility index (Phi) is 2.70. The second-order valence-corrected chi connectivity index (χ2v) is 5.88. The van der Waals surface area contributed by atoms with E-state index in [1.807, 2.05) is 0 Å². The highest BCUT2D eigenvalue weighted by Gasteiger charge is 2.29. The van der Waals surface area contributed by atoms with Gasteiger partial charge in [-0.1, -0.05) is 23.4 Å². The van der Waals surface area contributed by atoms with Crippen molar-refractivity contribution >= 4 is 38.4 Å². The van der Waals surface area contributed by atoms with Crippen molar-refractivity contribution in [3.05, 3.63) is 10.4 Å². The van der Waals surface area contributed by atoms with E-state index in [2.05, 4.69) is 0 Å². The highest BCUT2D eigenvalue weighted by Crippen LogP contribution is 2.30. The van der Waals surface area contributed by atoms with Crippen LogP contribution in [0.25, 0.3) is 0 Å². The van der Waals surface area contributed by atoms with Gasteiger partial charge in [0, 0.05) is 10.4 Å². The Bertz CT molecular complexity index is 335. The van der Waals surface area contributed by atoms with Crippen molar-refractivity contribution in [1.29, 1.82) is 5.41 Å². The summed E-state index contributed by atoms with van der Waals surface area (Å²) in [4.78, 5) is 0. The molecule has 3 N–H and O–H groups in total. The summed E-state index contributed by atoms with van der Waals surface area (Å²) >= 11 is 6.57. The van der Waals surface area contributed by atoms with Gasteiger partial charge in [0.05, 0.1) is 11.0 Å². The molecule has 0 aliphatic carbocycles. The largest absolute Gasteiger partial charge is 0.379 e. The van der Waals surface area contributed by atoms with Gasteiger partial charge in [-0.15, -0.1) is 0 Å². The molecule has 0 fully saturated rings. The summed E-state index contributed by atoms with van der Waals surface area (Å²) in [5.41, 5.74) is 5.09. The Hall–Kier alpha value is -0.200. The van der Waals surface area contributed by atoms with Crippen LogP contribution in [0.1, 0.15) is 0 Å². The lowest BCUT2D eigenvalue weighted by atomic mass is 10.5. The first kappa shape index (κ1) is 9.88. The summed E-state index contributed by atoms with van der Waals surface area (Å²) < 4.78 is 21.9. The van der Waals surface area contributed by atoms with E-state index in [4.69, 9.17) is 22.7 Å². The summed E-state index contributed by atoms with van der Waals surface area (Å²) in [7, 11) is -3.16. The number of amidine groups is 1. The van der Waals surface area contributed by atoms with Crippen LogP contribution in [0.3, 0.4) is 0 Å². The van der Waals surface area contributed by atoms with Crippen LogP contribution in [0.4, 0.5) is 0 Å². The molecule has 0 aromatic heterocycles. The van der Waals surface area contributed by atoms with E-state index in [0.29, 0.717) is 0 Å². The van der Waals surface area contributed by atoms with Crippen molar-refractivity contribution in [2.75, 3.05) is 5.75 Å². The van der Waals surface area contributed by atoms with Gasteiger partial charge in [-0.25, -0.2) is 8.42 Å². The highest BCUT2D eigenvalue weighted by atomic mass is 35.5. The molecule has 0 aromatic carbocycles. The Balaban J connectivity index is 2.76. The van der Waals surface area contributed by atoms with Crippen molar-refractivity contribution in [3.8, 4) is 0 Å². The zero-order valence-electron chi connectivity index (χ0n) is 5.95. The highest BCUT2D eigenvalue weighted by molar-refractivity contribution is 8.15. The van der Waals surface area contributed by atoms with E-state index >= 15 is 0 Å². The summed E-state index contributed by atoms with van der Waals surface area (Å²) in [6.45, 7) is 0. The third kappa shape index (κ3) is 2.40. The van der Waals surface area contributed by atoms with Crippen LogP contribution in [0.15, 0.2) is 10.4 Å². The average Bonchev–Trinajstić information content (AvgIpc) is 2.03. The fraction of sp³-hybridized carbons (Fsp3) is 0.400. The molecule has 1 aliphatic rings. The zero-order valence-corrected chi connectivity index (χ0v) is 8.34. The van der Waals surface area contributed by atoms with Crippen LogP contribution in [-0.4, -0.2) is 24.6 Å². The number of nitrogens with one attached hydrogen (secondary N) is 1. The van der Waals surface area contributed by atoms with E-state index in [9.17, 15) is 8.42 Å². The molecule has 1 unspecified atom stereocenters. The maximum Gasteiger partial charge on any atom is 0.174 e. The van der Waals surface area contributed by atoms with Gasteiger partial charge in [-0.3, -0.25) is 5.41 Å². The summed E-state index contributed by atoms with van der Waals surface area (Å²) in [5, 5.41) is 7.69. The molecule has 0 spiro atoms. The molecule has 12 heavy (non-hydrogen) atoms. The molecular weight excluding hydrogens is 220 g/mol. The first-order valence-corrected chi connectivity index (χ1v) is 5.98. The summed E-state index contributed by atoms with van der Waals surface area (Å²) in [6.07, 6.45) is 0. The van der Waals surface area contributed by atoms with E-state index in [-0.39, 0.29) is 16.0 Å². The molecule has 68 valence electrons. The number of sulfone groups is 1. The minimum Gasteiger partial charge on any atom is -0.379 e. The molecule has 1 aliphatic heterocycles. The molecule has 1 heterocycles. The lowest BCUT2D eigenvalue weighted by Crippen LogP contribution is -2.15. The minimum absolute atomic E-state index is 0.0594. The lowest BCUT2D eigenvalue weighted by Gasteiger charge is -2.05. The van der Waals surface area contributed by atoms with Gasteiger partial charge in [0.25, 0.3) is 0 Å². The molecule has 1 atom stereocenters. The van der Waals surface area contributed by atoms with Crippen LogP contribution < -0.4 is 5.73 Å². The molecule has 0 saturated heterocycles. The van der Waals surface area contributed by atoms with Crippen LogP contribution >= 0.6 is 23.4 Å². The van der Waals surface area contributed by atoms with Gasteiger partial charge >= 0.3 is 0 Å². The van der Waals surface area contributed by atoms with Crippen molar-refractivity contribution < 1.29 is 8.42 Å². The van der Waals surface area contributed by atoms with E-state index in [1.165, 1.54) is 0 Å². The number of nitrogens with two attached hydrogens (primary N) is 1. The van der Waals surface area contributed by atoms with Crippen LogP contribution in [0.2, 0.25) is 0 Å². The van der Waals surface area contributed by atoms with Gasteiger partial charge in [-0.05, 0) is 0 Å². The third-order valence-electron chi connectivity index (χ3n) is 1.25. The molecule has 0 amide bonds. The second kappa shape index (κ2) is 3.27. The Morgan fingerprint density at radius 1 is 1.83 bits per heavy atom. The zero-order chi connectivity index (χ0) is 9.35. The number of hydrogen-bond donors (Lipinski definition) is 2.